The smallest absolute Gasteiger partial charge is 0.264 e. The third-order valence-corrected chi connectivity index (χ3v) is 8.21. The summed E-state index contributed by atoms with van der Waals surface area (Å²) >= 11 is 1.35. The second-order valence-corrected chi connectivity index (χ2v) is 10.5. The van der Waals surface area contributed by atoms with Gasteiger partial charge in [0.05, 0.1) is 44.5 Å². The zero-order chi connectivity index (χ0) is 24.6. The van der Waals surface area contributed by atoms with E-state index in [1.54, 1.807) is 41.0 Å². The lowest BCUT2D eigenvalue weighted by Crippen LogP contribution is -2.26. The van der Waals surface area contributed by atoms with E-state index in [-0.39, 0.29) is 10.7 Å². The highest BCUT2D eigenvalue weighted by Gasteiger charge is 2.22. The first-order valence-electron chi connectivity index (χ1n) is 10.4. The molecule has 0 aliphatic carbocycles. The lowest BCUT2D eigenvalue weighted by atomic mass is 10.1. The van der Waals surface area contributed by atoms with E-state index < -0.39 is 10.0 Å². The fourth-order valence-corrected chi connectivity index (χ4v) is 5.54. The zero-order valence-electron chi connectivity index (χ0n) is 18.4. The Morgan fingerprint density at radius 2 is 1.89 bits per heavy atom. The van der Waals surface area contributed by atoms with Crippen LogP contribution in [0.15, 0.2) is 89.4 Å². The zero-order valence-corrected chi connectivity index (χ0v) is 20.0. The van der Waals surface area contributed by atoms with E-state index >= 15 is 0 Å². The van der Waals surface area contributed by atoms with Gasteiger partial charge in [-0.25, -0.2) is 17.9 Å². The molecule has 3 aromatic heterocycles. The minimum Gasteiger partial charge on any atom is -0.287 e. The average Bonchev–Trinajstić information content (AvgIpc) is 3.58. The molecule has 0 unspecified atom stereocenters. The number of hydrogen-bond donors (Lipinski definition) is 0. The summed E-state index contributed by atoms with van der Waals surface area (Å²) in [6.45, 7) is 0. The summed E-state index contributed by atoms with van der Waals surface area (Å²) in [4.78, 5) is 17.9. The number of carbonyl (C=O) groups excluding carboxylic acids is 1. The number of ketones is 1. The van der Waals surface area contributed by atoms with Crippen molar-refractivity contribution in [2.45, 2.75) is 4.90 Å². The normalized spacial score (nSPS) is 11.3. The van der Waals surface area contributed by atoms with Crippen molar-refractivity contribution in [1.82, 2.24) is 14.6 Å². The molecule has 0 saturated carbocycles. The number of hydrogen-bond acceptors (Lipinski definition) is 7. The van der Waals surface area contributed by atoms with Gasteiger partial charge in [0.2, 0.25) is 5.78 Å². The predicted octanol–water partition coefficient (Wildman–Crippen LogP) is 4.39. The van der Waals surface area contributed by atoms with E-state index in [9.17, 15) is 13.2 Å². The Bertz CT molecular complexity index is 1700. The van der Waals surface area contributed by atoms with Crippen LogP contribution in [0.25, 0.3) is 16.9 Å². The standard InChI is InChI=1S/C25H17N5O3S2/c1-29(35(32,33)20-9-7-17(15-26)8-10-20)19-5-2-4-18(14-19)22-11-12-27-25-21(16-28-30(22)25)24(31)23-6-3-13-34-23/h2-14,16H,1H3. The second-order valence-electron chi connectivity index (χ2n) is 7.59. The van der Waals surface area contributed by atoms with Crippen molar-refractivity contribution in [2.75, 3.05) is 11.4 Å². The monoisotopic (exact) mass is 499 g/mol. The van der Waals surface area contributed by atoms with Gasteiger partial charge < -0.3 is 0 Å². The molecular formula is C25H17N5O3S2. The number of benzene rings is 2. The molecule has 0 atom stereocenters. The van der Waals surface area contributed by atoms with Gasteiger partial charge in [-0.05, 0) is 53.9 Å². The molecule has 0 aliphatic heterocycles. The van der Waals surface area contributed by atoms with Gasteiger partial charge in [-0.2, -0.15) is 10.4 Å². The number of fused-ring (bicyclic) bond motifs is 1. The molecule has 0 amide bonds. The quantitative estimate of drug-likeness (QED) is 0.321. The van der Waals surface area contributed by atoms with E-state index in [4.69, 9.17) is 5.26 Å². The fourth-order valence-electron chi connectivity index (χ4n) is 3.67. The molecule has 35 heavy (non-hydrogen) atoms. The van der Waals surface area contributed by atoms with Crippen LogP contribution >= 0.6 is 11.3 Å². The van der Waals surface area contributed by atoms with Gasteiger partial charge in [0.1, 0.15) is 0 Å². The van der Waals surface area contributed by atoms with Gasteiger partial charge in [-0.3, -0.25) is 9.10 Å². The number of nitrogens with zero attached hydrogens (tertiary/aromatic N) is 5. The molecule has 5 rings (SSSR count). The van der Waals surface area contributed by atoms with E-state index in [0.717, 1.165) is 0 Å². The van der Waals surface area contributed by atoms with Crippen LogP contribution < -0.4 is 4.31 Å². The number of carbonyl (C=O) groups is 1. The maximum absolute atomic E-state index is 13.2. The topological polar surface area (TPSA) is 108 Å². The van der Waals surface area contributed by atoms with Gasteiger partial charge >= 0.3 is 0 Å². The van der Waals surface area contributed by atoms with Crippen LogP contribution in [-0.2, 0) is 10.0 Å². The lowest BCUT2D eigenvalue weighted by molar-refractivity contribution is 0.104. The highest BCUT2D eigenvalue weighted by atomic mass is 32.2. The van der Waals surface area contributed by atoms with Gasteiger partial charge in [0.25, 0.3) is 10.0 Å². The second kappa shape index (κ2) is 8.79. The number of anilines is 1. The Kier molecular flexibility index (Phi) is 5.64. The van der Waals surface area contributed by atoms with Crippen LogP contribution in [-0.4, -0.2) is 35.8 Å². The number of thiophene rings is 1. The van der Waals surface area contributed by atoms with Crippen LogP contribution in [0.2, 0.25) is 0 Å². The molecule has 2 aromatic carbocycles. The van der Waals surface area contributed by atoms with Crippen molar-refractivity contribution in [3.63, 3.8) is 0 Å². The summed E-state index contributed by atoms with van der Waals surface area (Å²) < 4.78 is 29.1. The predicted molar refractivity (Wildman–Crippen MR) is 133 cm³/mol. The highest BCUT2D eigenvalue weighted by molar-refractivity contribution is 7.92. The molecule has 10 heteroatoms. The maximum Gasteiger partial charge on any atom is 0.264 e. The third-order valence-electron chi connectivity index (χ3n) is 5.54. The van der Waals surface area contributed by atoms with Crippen LogP contribution in [0.3, 0.4) is 0 Å². The Morgan fingerprint density at radius 3 is 2.60 bits per heavy atom. The molecule has 0 saturated heterocycles. The van der Waals surface area contributed by atoms with Crippen LogP contribution in [0.4, 0.5) is 5.69 Å². The molecule has 0 bridgehead atoms. The van der Waals surface area contributed by atoms with Crippen molar-refractivity contribution in [3.05, 3.63) is 101 Å². The summed E-state index contributed by atoms with van der Waals surface area (Å²) in [6.07, 6.45) is 3.10. The Labute approximate surface area is 205 Å². The van der Waals surface area contributed by atoms with E-state index in [1.165, 1.54) is 53.2 Å². The Balaban J connectivity index is 1.53. The summed E-state index contributed by atoms with van der Waals surface area (Å²) in [5.74, 6) is -0.151. The SMILES string of the molecule is CN(c1cccc(-c2ccnc3c(C(=O)c4cccs4)cnn23)c1)S(=O)(=O)c1ccc(C#N)cc1. The molecular weight excluding hydrogens is 482 g/mol. The van der Waals surface area contributed by atoms with Crippen molar-refractivity contribution in [2.24, 2.45) is 0 Å². The largest absolute Gasteiger partial charge is 0.287 e. The Hall–Kier alpha value is -4.33. The Morgan fingerprint density at radius 1 is 1.09 bits per heavy atom. The summed E-state index contributed by atoms with van der Waals surface area (Å²) in [7, 11) is -2.37. The van der Waals surface area contributed by atoms with Crippen LogP contribution in [0, 0.1) is 11.3 Å². The highest BCUT2D eigenvalue weighted by Crippen LogP contribution is 2.29. The molecule has 8 nitrogen and oxygen atoms in total. The number of rotatable bonds is 6. The molecule has 0 aliphatic rings. The van der Waals surface area contributed by atoms with Crippen molar-refractivity contribution >= 4 is 38.5 Å². The molecule has 0 N–H and O–H groups in total. The fraction of sp³-hybridized carbons (Fsp3) is 0.0400. The third kappa shape index (κ3) is 3.97. The molecule has 5 aromatic rings. The number of nitriles is 1. The van der Waals surface area contributed by atoms with Crippen LogP contribution in [0.5, 0.6) is 0 Å². The molecule has 0 radical (unpaired) electrons. The van der Waals surface area contributed by atoms with Crippen molar-refractivity contribution in [1.29, 1.82) is 5.26 Å². The number of sulfonamides is 1. The first kappa shape index (κ1) is 22.5. The van der Waals surface area contributed by atoms with Crippen molar-refractivity contribution in [3.8, 4) is 17.3 Å². The maximum atomic E-state index is 13.2. The van der Waals surface area contributed by atoms with Crippen LogP contribution in [0.1, 0.15) is 20.8 Å². The molecule has 3 heterocycles. The summed E-state index contributed by atoms with van der Waals surface area (Å²) in [5.41, 5.74) is 3.00. The minimum absolute atomic E-state index is 0.0829. The molecule has 172 valence electrons. The van der Waals surface area contributed by atoms with Crippen molar-refractivity contribution < 1.29 is 13.2 Å². The number of aromatic nitrogens is 3. The molecule has 0 spiro atoms. The first-order chi connectivity index (χ1) is 16.9. The first-order valence-corrected chi connectivity index (χ1v) is 12.7. The van der Waals surface area contributed by atoms with Gasteiger partial charge in [-0.15, -0.1) is 11.3 Å². The van der Waals surface area contributed by atoms with Gasteiger partial charge in [0.15, 0.2) is 5.65 Å². The van der Waals surface area contributed by atoms with E-state index in [1.807, 2.05) is 23.6 Å². The van der Waals surface area contributed by atoms with Gasteiger partial charge in [-0.1, -0.05) is 18.2 Å². The summed E-state index contributed by atoms with van der Waals surface area (Å²) in [6, 6.07) is 20.1. The molecule has 0 fully saturated rings. The minimum atomic E-state index is -3.85. The van der Waals surface area contributed by atoms with E-state index in [2.05, 4.69) is 10.1 Å². The average molecular weight is 500 g/mol. The summed E-state index contributed by atoms with van der Waals surface area (Å²) in [5, 5.41) is 15.2. The van der Waals surface area contributed by atoms with Gasteiger partial charge in [0, 0.05) is 18.8 Å². The van der Waals surface area contributed by atoms with E-state index in [0.29, 0.717) is 38.6 Å². The lowest BCUT2D eigenvalue weighted by Gasteiger charge is -2.20.